The van der Waals surface area contributed by atoms with Crippen LogP contribution in [-0.4, -0.2) is 58.3 Å². The van der Waals surface area contributed by atoms with Crippen molar-refractivity contribution >= 4 is 23.4 Å². The van der Waals surface area contributed by atoms with Crippen LogP contribution in [0.2, 0.25) is 5.02 Å². The predicted octanol–water partition coefficient (Wildman–Crippen LogP) is 2.01. The van der Waals surface area contributed by atoms with Gasteiger partial charge in [-0.15, -0.1) is 0 Å². The Morgan fingerprint density at radius 1 is 1.16 bits per heavy atom. The summed E-state index contributed by atoms with van der Waals surface area (Å²) in [4.78, 5) is 27.1. The highest BCUT2D eigenvalue weighted by molar-refractivity contribution is 6.30. The van der Waals surface area contributed by atoms with E-state index >= 15 is 0 Å². The number of carbonyl (C=O) groups excluding carboxylic acids is 2. The Bertz CT molecular complexity index is 1040. The lowest BCUT2D eigenvalue weighted by Gasteiger charge is -2.40. The molecule has 0 saturated carbocycles. The van der Waals surface area contributed by atoms with Crippen LogP contribution in [0, 0.1) is 0 Å². The molecule has 0 aromatic heterocycles. The van der Waals surface area contributed by atoms with Crippen LogP contribution in [0.1, 0.15) is 24.0 Å². The summed E-state index contributed by atoms with van der Waals surface area (Å²) in [6, 6.07) is 13.7. The Kier molecular flexibility index (Phi) is 6.50. The molecule has 2 aromatic carbocycles. The molecule has 2 aromatic rings. The van der Waals surface area contributed by atoms with Crippen molar-refractivity contribution in [3.05, 3.63) is 76.3 Å². The van der Waals surface area contributed by atoms with Crippen LogP contribution in [-0.2, 0) is 16.1 Å². The Morgan fingerprint density at radius 2 is 1.88 bits per heavy atom. The van der Waals surface area contributed by atoms with Crippen LogP contribution in [0.15, 0.2) is 60.2 Å². The number of halogens is 1. The quantitative estimate of drug-likeness (QED) is 0.617. The van der Waals surface area contributed by atoms with E-state index in [2.05, 4.69) is 5.32 Å². The molecule has 168 valence electrons. The third-order valence-corrected chi connectivity index (χ3v) is 6.16. The number of benzene rings is 2. The first-order valence-corrected chi connectivity index (χ1v) is 10.8. The van der Waals surface area contributed by atoms with Crippen LogP contribution in [0.25, 0.3) is 0 Å². The lowest BCUT2D eigenvalue weighted by Crippen LogP contribution is -2.55. The molecule has 0 unspecified atom stereocenters. The maximum Gasteiger partial charge on any atom is 0.247 e. The van der Waals surface area contributed by atoms with Crippen molar-refractivity contribution in [2.24, 2.45) is 0 Å². The minimum atomic E-state index is -1.04. The van der Waals surface area contributed by atoms with Crippen molar-refractivity contribution in [2.75, 3.05) is 13.2 Å². The molecule has 32 heavy (non-hydrogen) atoms. The second kappa shape index (κ2) is 9.32. The van der Waals surface area contributed by atoms with Crippen molar-refractivity contribution in [3.8, 4) is 5.75 Å². The van der Waals surface area contributed by atoms with Crippen molar-refractivity contribution in [1.29, 1.82) is 0 Å². The molecular weight excluding hydrogens is 432 g/mol. The molecule has 0 spiro atoms. The first-order chi connectivity index (χ1) is 15.4. The number of ether oxygens (including phenoxy) is 1. The van der Waals surface area contributed by atoms with Crippen LogP contribution < -0.4 is 10.1 Å². The smallest absolute Gasteiger partial charge is 0.247 e. The molecule has 0 saturated heterocycles. The monoisotopic (exact) mass is 456 g/mol. The molecule has 4 rings (SSSR count). The van der Waals surface area contributed by atoms with E-state index in [0.29, 0.717) is 16.3 Å². The van der Waals surface area contributed by atoms with Gasteiger partial charge < -0.3 is 25.2 Å². The van der Waals surface area contributed by atoms with Gasteiger partial charge in [0.25, 0.3) is 0 Å². The van der Waals surface area contributed by atoms with Crippen molar-refractivity contribution in [1.82, 2.24) is 10.2 Å². The lowest BCUT2D eigenvalue weighted by atomic mass is 9.77. The molecule has 2 aliphatic rings. The minimum absolute atomic E-state index is 0.102. The summed E-state index contributed by atoms with van der Waals surface area (Å²) in [6.45, 7) is 1.58. The molecule has 2 amide bonds. The van der Waals surface area contributed by atoms with E-state index in [-0.39, 0.29) is 31.5 Å². The molecule has 0 radical (unpaired) electrons. The fourth-order valence-corrected chi connectivity index (χ4v) is 4.53. The van der Waals surface area contributed by atoms with E-state index in [0.717, 1.165) is 11.1 Å². The number of hydrogen-bond acceptors (Lipinski definition) is 5. The van der Waals surface area contributed by atoms with E-state index in [9.17, 15) is 14.7 Å². The van der Waals surface area contributed by atoms with Gasteiger partial charge in [-0.25, -0.2) is 0 Å². The first kappa shape index (κ1) is 22.3. The van der Waals surface area contributed by atoms with Gasteiger partial charge in [0.15, 0.2) is 0 Å². The Morgan fingerprint density at radius 3 is 2.56 bits per heavy atom. The zero-order valence-corrected chi connectivity index (χ0v) is 18.3. The number of carbonyl (C=O) groups is 2. The number of amides is 2. The maximum absolute atomic E-state index is 13.0. The molecule has 7 nitrogen and oxygen atoms in total. The maximum atomic E-state index is 13.0. The number of nitrogens with one attached hydrogen (secondary N) is 1. The summed E-state index contributed by atoms with van der Waals surface area (Å²) in [6.07, 6.45) is -0.108. The van der Waals surface area contributed by atoms with Crippen molar-refractivity contribution in [3.63, 3.8) is 0 Å². The molecule has 1 heterocycles. The van der Waals surface area contributed by atoms with E-state index in [1.165, 1.54) is 11.8 Å². The van der Waals surface area contributed by atoms with Gasteiger partial charge >= 0.3 is 0 Å². The lowest BCUT2D eigenvalue weighted by molar-refractivity contribution is -0.135. The summed E-state index contributed by atoms with van der Waals surface area (Å²) in [5.74, 6) is -0.471. The number of rotatable bonds is 6. The number of nitrogens with zero attached hydrogens (tertiary/aromatic N) is 1. The third kappa shape index (κ3) is 4.24. The highest BCUT2D eigenvalue weighted by Gasteiger charge is 2.50. The van der Waals surface area contributed by atoms with Gasteiger partial charge in [0.05, 0.1) is 18.6 Å². The van der Waals surface area contributed by atoms with Gasteiger partial charge in [0.1, 0.15) is 18.0 Å². The largest absolute Gasteiger partial charge is 0.486 e. The SMILES string of the molecule is CC(=O)N(Cc1ccc(Cl)cc1)[C@@H]1C=C(C(=O)NCCO)[C@@H]2c3ccccc3O[C@@H]2[C@H]1O. The van der Waals surface area contributed by atoms with Gasteiger partial charge in [-0.2, -0.15) is 0 Å². The number of aliphatic hydroxyl groups is 2. The normalized spacial score (nSPS) is 23.4. The molecule has 1 aliphatic heterocycles. The molecule has 1 aliphatic carbocycles. The second-order valence-corrected chi connectivity index (χ2v) is 8.39. The Hall–Kier alpha value is -2.87. The van der Waals surface area contributed by atoms with Gasteiger partial charge in [-0.1, -0.05) is 41.9 Å². The molecular formula is C24H25ClN2O5. The van der Waals surface area contributed by atoms with Crippen LogP contribution in [0.5, 0.6) is 5.75 Å². The Balaban J connectivity index is 1.72. The standard InChI is InChI=1S/C24H25ClN2O5/c1-14(29)27(13-15-6-8-16(25)9-7-15)19-12-18(24(31)26-10-11-28)21-17-4-2-3-5-20(17)32-23(21)22(19)30/h2-9,12,19,21-23,28,30H,10-11,13H2,1H3,(H,26,31)/t19-,21+,22+,23+/m1/s1. The van der Waals surface area contributed by atoms with Gasteiger partial charge in [-0.3, -0.25) is 9.59 Å². The molecule has 4 atom stereocenters. The fraction of sp³-hybridized carbons (Fsp3) is 0.333. The fourth-order valence-electron chi connectivity index (χ4n) is 4.40. The zero-order chi connectivity index (χ0) is 22.8. The van der Waals surface area contributed by atoms with E-state index in [4.69, 9.17) is 21.4 Å². The predicted molar refractivity (Wildman–Crippen MR) is 119 cm³/mol. The topological polar surface area (TPSA) is 99.1 Å². The van der Waals surface area contributed by atoms with E-state index in [1.54, 1.807) is 24.3 Å². The van der Waals surface area contributed by atoms with Crippen molar-refractivity contribution < 1.29 is 24.5 Å². The van der Waals surface area contributed by atoms with Crippen molar-refractivity contribution in [2.45, 2.75) is 37.6 Å². The van der Waals surface area contributed by atoms with E-state index in [1.807, 2.05) is 30.3 Å². The summed E-state index contributed by atoms with van der Waals surface area (Å²) in [5.41, 5.74) is 2.06. The summed E-state index contributed by atoms with van der Waals surface area (Å²) in [7, 11) is 0. The molecule has 3 N–H and O–H groups in total. The van der Waals surface area contributed by atoms with Crippen LogP contribution >= 0.6 is 11.6 Å². The minimum Gasteiger partial charge on any atom is -0.486 e. The summed E-state index contributed by atoms with van der Waals surface area (Å²) in [5, 5.41) is 23.7. The van der Waals surface area contributed by atoms with Gasteiger partial charge in [0.2, 0.25) is 11.8 Å². The van der Waals surface area contributed by atoms with Gasteiger partial charge in [-0.05, 0) is 29.8 Å². The average Bonchev–Trinajstić information content (AvgIpc) is 3.18. The van der Waals surface area contributed by atoms with Crippen LogP contribution in [0.4, 0.5) is 0 Å². The first-order valence-electron chi connectivity index (χ1n) is 10.5. The molecule has 0 bridgehead atoms. The Labute approximate surface area is 191 Å². The summed E-state index contributed by atoms with van der Waals surface area (Å²) < 4.78 is 6.06. The number of hydrogen-bond donors (Lipinski definition) is 3. The average molecular weight is 457 g/mol. The van der Waals surface area contributed by atoms with E-state index < -0.39 is 24.2 Å². The number of fused-ring (bicyclic) bond motifs is 3. The molecule has 8 heteroatoms. The third-order valence-electron chi connectivity index (χ3n) is 5.91. The van der Waals surface area contributed by atoms with Gasteiger partial charge in [0, 0.05) is 36.2 Å². The van der Waals surface area contributed by atoms with Crippen LogP contribution in [0.3, 0.4) is 0 Å². The number of para-hydroxylation sites is 1. The highest BCUT2D eigenvalue weighted by atomic mass is 35.5. The summed E-state index contributed by atoms with van der Waals surface area (Å²) >= 11 is 5.97. The molecule has 0 fully saturated rings. The number of aliphatic hydroxyl groups excluding tert-OH is 2. The second-order valence-electron chi connectivity index (χ2n) is 7.95. The zero-order valence-electron chi connectivity index (χ0n) is 17.6. The highest BCUT2D eigenvalue weighted by Crippen LogP contribution is 2.47.